The minimum atomic E-state index is -4.67. The molecule has 5 heteroatoms. The molecule has 1 aromatic rings. The van der Waals surface area contributed by atoms with Gasteiger partial charge in [-0.1, -0.05) is 20.8 Å². The maximum absolute atomic E-state index is 12.9. The summed E-state index contributed by atoms with van der Waals surface area (Å²) in [6.45, 7) is 5.71. The molecule has 0 bridgehead atoms. The third-order valence-corrected chi connectivity index (χ3v) is 3.08. The first-order valence-electron chi connectivity index (χ1n) is 4.79. The molecule has 0 saturated heterocycles. The van der Waals surface area contributed by atoms with E-state index in [0.717, 1.165) is 0 Å². The zero-order valence-electron chi connectivity index (χ0n) is 9.74. The molecule has 0 aliphatic heterocycles. The first-order valence-corrected chi connectivity index (χ1v) is 6.18. The predicted molar refractivity (Wildman–Crippen MR) is 60.0 cm³/mol. The summed E-state index contributed by atoms with van der Waals surface area (Å²) in [5.74, 6) is 0.555. The van der Waals surface area contributed by atoms with Gasteiger partial charge in [-0.05, 0) is 23.6 Å². The highest BCUT2D eigenvalue weighted by molar-refractivity contribution is 7.86. The second-order valence-electron chi connectivity index (χ2n) is 4.55. The zero-order valence-corrected chi connectivity index (χ0v) is 10.6. The average molecular weight is 246 g/mol. The second kappa shape index (κ2) is 4.05. The molecule has 0 spiro atoms. The Kier molecular flexibility index (Phi) is 3.28. The van der Waals surface area contributed by atoms with Gasteiger partial charge in [0.25, 0.3) is 0 Å². The van der Waals surface area contributed by atoms with Gasteiger partial charge in [-0.3, -0.25) is 0 Å². The minimum absolute atomic E-state index is 0.313. The summed E-state index contributed by atoms with van der Waals surface area (Å²) in [6, 6.07) is 3.98. The highest BCUT2D eigenvalue weighted by atomic mass is 32.3. The van der Waals surface area contributed by atoms with E-state index in [9.17, 15) is 12.3 Å². The molecular formula is C11H15FO3S. The van der Waals surface area contributed by atoms with Gasteiger partial charge in [0.15, 0.2) is 0 Å². The molecule has 0 aliphatic carbocycles. The third-order valence-electron chi connectivity index (χ3n) is 2.26. The lowest BCUT2D eigenvalue weighted by Crippen LogP contribution is -2.13. The molecule has 0 unspecified atom stereocenters. The van der Waals surface area contributed by atoms with E-state index in [0.29, 0.717) is 11.3 Å². The van der Waals surface area contributed by atoms with Crippen LogP contribution in [0, 0.1) is 0 Å². The van der Waals surface area contributed by atoms with Crippen LogP contribution in [0.1, 0.15) is 26.3 Å². The summed E-state index contributed by atoms with van der Waals surface area (Å²) in [6.07, 6.45) is 0. The maximum Gasteiger partial charge on any atom is 0.332 e. The fourth-order valence-electron chi connectivity index (χ4n) is 1.42. The Morgan fingerprint density at radius 3 is 2.19 bits per heavy atom. The van der Waals surface area contributed by atoms with Crippen molar-refractivity contribution in [2.24, 2.45) is 0 Å². The molecular weight excluding hydrogens is 231 g/mol. The Bertz CT molecular complexity index is 486. The summed E-state index contributed by atoms with van der Waals surface area (Å²) in [5.41, 5.74) is 0.347. The molecule has 0 fully saturated rings. The molecule has 0 heterocycles. The number of rotatable bonds is 2. The van der Waals surface area contributed by atoms with Crippen molar-refractivity contribution in [3.05, 3.63) is 23.8 Å². The van der Waals surface area contributed by atoms with Gasteiger partial charge in [-0.15, -0.1) is 3.89 Å². The normalized spacial score (nSPS) is 12.6. The molecule has 0 saturated carbocycles. The van der Waals surface area contributed by atoms with Crippen molar-refractivity contribution in [3.63, 3.8) is 0 Å². The molecule has 3 nitrogen and oxygen atoms in total. The molecule has 1 aromatic carbocycles. The maximum atomic E-state index is 12.9. The Morgan fingerprint density at radius 1 is 1.25 bits per heavy atom. The Balaban J connectivity index is 3.45. The standard InChI is InChI=1S/C11H15FO3S/c1-11(2,3)9-7-8(16(12,13)14)5-6-10(9)15-4/h5-7H,1-4H3. The molecule has 0 amide bonds. The fourth-order valence-corrected chi connectivity index (χ4v) is 1.91. The first kappa shape index (κ1) is 13.0. The van der Waals surface area contributed by atoms with Gasteiger partial charge < -0.3 is 4.74 Å². The molecule has 16 heavy (non-hydrogen) atoms. The van der Waals surface area contributed by atoms with E-state index in [2.05, 4.69) is 0 Å². The summed E-state index contributed by atoms with van der Waals surface area (Å²) in [5, 5.41) is 0. The van der Waals surface area contributed by atoms with Crippen LogP contribution in [0.2, 0.25) is 0 Å². The Hall–Kier alpha value is -1.10. The zero-order chi connectivity index (χ0) is 12.6. The fraction of sp³-hybridized carbons (Fsp3) is 0.455. The molecule has 90 valence electrons. The van der Waals surface area contributed by atoms with Gasteiger partial charge in [-0.25, -0.2) is 0 Å². The summed E-state index contributed by atoms with van der Waals surface area (Å²) >= 11 is 0. The van der Waals surface area contributed by atoms with Gasteiger partial charge in [0.1, 0.15) is 5.75 Å². The highest BCUT2D eigenvalue weighted by Gasteiger charge is 2.22. The summed E-state index contributed by atoms with van der Waals surface area (Å²) < 4.78 is 39.6. The predicted octanol–water partition coefficient (Wildman–Crippen LogP) is 2.65. The van der Waals surface area contributed by atoms with E-state index in [-0.39, 0.29) is 10.3 Å². The lowest BCUT2D eigenvalue weighted by Gasteiger charge is -2.22. The average Bonchev–Trinajstić information content (AvgIpc) is 2.14. The van der Waals surface area contributed by atoms with Crippen LogP contribution in [-0.4, -0.2) is 15.5 Å². The van der Waals surface area contributed by atoms with E-state index < -0.39 is 10.2 Å². The van der Waals surface area contributed by atoms with Gasteiger partial charge in [-0.2, -0.15) is 8.42 Å². The topological polar surface area (TPSA) is 43.4 Å². The molecule has 0 N–H and O–H groups in total. The van der Waals surface area contributed by atoms with Gasteiger partial charge in [0.05, 0.1) is 12.0 Å². The lowest BCUT2D eigenvalue weighted by molar-refractivity contribution is 0.397. The molecule has 0 aliphatic rings. The van der Waals surface area contributed by atoms with Crippen molar-refractivity contribution in [2.45, 2.75) is 31.1 Å². The number of benzene rings is 1. The van der Waals surface area contributed by atoms with Crippen molar-refractivity contribution in [3.8, 4) is 5.75 Å². The highest BCUT2D eigenvalue weighted by Crippen LogP contribution is 2.33. The van der Waals surface area contributed by atoms with Gasteiger partial charge in [0.2, 0.25) is 0 Å². The smallest absolute Gasteiger partial charge is 0.332 e. The number of hydrogen-bond acceptors (Lipinski definition) is 3. The van der Waals surface area contributed by atoms with Crippen LogP contribution in [0.15, 0.2) is 23.1 Å². The number of ether oxygens (including phenoxy) is 1. The molecule has 1 rings (SSSR count). The van der Waals surface area contributed by atoms with E-state index in [1.807, 2.05) is 20.8 Å². The van der Waals surface area contributed by atoms with Crippen molar-refractivity contribution in [1.82, 2.24) is 0 Å². The van der Waals surface area contributed by atoms with E-state index in [1.165, 1.54) is 25.3 Å². The minimum Gasteiger partial charge on any atom is -0.496 e. The Labute approximate surface area is 95.5 Å². The van der Waals surface area contributed by atoms with E-state index >= 15 is 0 Å². The summed E-state index contributed by atoms with van der Waals surface area (Å²) in [4.78, 5) is -0.335. The SMILES string of the molecule is COc1ccc(S(=O)(=O)F)cc1C(C)(C)C. The lowest BCUT2D eigenvalue weighted by atomic mass is 9.86. The third kappa shape index (κ3) is 2.72. The molecule has 0 atom stereocenters. The van der Waals surface area contributed by atoms with Crippen molar-refractivity contribution in [1.29, 1.82) is 0 Å². The van der Waals surface area contributed by atoms with Gasteiger partial charge >= 0.3 is 10.2 Å². The molecule has 0 radical (unpaired) electrons. The molecule has 0 aromatic heterocycles. The van der Waals surface area contributed by atoms with Crippen molar-refractivity contribution < 1.29 is 17.0 Å². The van der Waals surface area contributed by atoms with Crippen LogP contribution in [0.4, 0.5) is 3.89 Å². The number of halogens is 1. The monoisotopic (exact) mass is 246 g/mol. The van der Waals surface area contributed by atoms with Crippen LogP contribution in [0.25, 0.3) is 0 Å². The van der Waals surface area contributed by atoms with Crippen LogP contribution in [-0.2, 0) is 15.6 Å². The van der Waals surface area contributed by atoms with Crippen LogP contribution in [0.5, 0.6) is 5.75 Å². The summed E-state index contributed by atoms with van der Waals surface area (Å²) in [7, 11) is -3.17. The van der Waals surface area contributed by atoms with Crippen molar-refractivity contribution in [2.75, 3.05) is 7.11 Å². The van der Waals surface area contributed by atoms with E-state index in [1.54, 1.807) is 0 Å². The second-order valence-corrected chi connectivity index (χ2v) is 5.90. The van der Waals surface area contributed by atoms with E-state index in [4.69, 9.17) is 4.74 Å². The first-order chi connectivity index (χ1) is 7.16. The number of methoxy groups -OCH3 is 1. The van der Waals surface area contributed by atoms with Crippen LogP contribution < -0.4 is 4.74 Å². The Morgan fingerprint density at radius 2 is 1.81 bits per heavy atom. The van der Waals surface area contributed by atoms with Gasteiger partial charge in [0, 0.05) is 5.56 Å². The number of hydrogen-bond donors (Lipinski definition) is 0. The largest absolute Gasteiger partial charge is 0.496 e. The van der Waals surface area contributed by atoms with Crippen LogP contribution >= 0.6 is 0 Å². The van der Waals surface area contributed by atoms with Crippen molar-refractivity contribution >= 4 is 10.2 Å². The quantitative estimate of drug-likeness (QED) is 0.753. The van der Waals surface area contributed by atoms with Crippen LogP contribution in [0.3, 0.4) is 0 Å².